The van der Waals surface area contributed by atoms with Gasteiger partial charge in [-0.25, -0.2) is 9.18 Å². The first-order valence-electron chi connectivity index (χ1n) is 13.1. The maximum Gasteiger partial charge on any atom is 0.337 e. The van der Waals surface area contributed by atoms with Crippen LogP contribution in [0.25, 0.3) is 17.4 Å². The minimum absolute atomic E-state index is 0.00796. The van der Waals surface area contributed by atoms with Crippen LogP contribution in [0.4, 0.5) is 4.39 Å². The van der Waals surface area contributed by atoms with Crippen LogP contribution in [0.15, 0.2) is 93.1 Å². The standard InChI is InChI=1S/C32H22ClFN2O4S/c33-25-15-19(8-12-23(25)31(38)39)26-14-11-21(40-26)16-27-30(37)36-29(18-5-9-20(34)10-6-18)24-13-7-17-3-1-2-4-22(17)28(24)35-32(36)41-27/h1-6,8-12,14-16,24,28-29H,7,13H2,(H,38,39). The number of nitrogens with zero attached hydrogens (tertiary/aromatic N) is 2. The summed E-state index contributed by atoms with van der Waals surface area (Å²) in [7, 11) is 0. The largest absolute Gasteiger partial charge is 0.478 e. The Morgan fingerprint density at radius 2 is 1.90 bits per heavy atom. The highest BCUT2D eigenvalue weighted by Gasteiger charge is 2.40. The Morgan fingerprint density at radius 1 is 1.10 bits per heavy atom. The van der Waals surface area contributed by atoms with Crippen molar-refractivity contribution in [2.75, 3.05) is 0 Å². The Bertz CT molecular complexity index is 2010. The molecule has 3 atom stereocenters. The van der Waals surface area contributed by atoms with E-state index in [-0.39, 0.29) is 40.0 Å². The fourth-order valence-corrected chi connectivity index (χ4v) is 7.28. The molecule has 5 aromatic rings. The Morgan fingerprint density at radius 3 is 2.68 bits per heavy atom. The predicted octanol–water partition coefficient (Wildman–Crippen LogP) is 6.02. The molecule has 0 fully saturated rings. The smallest absolute Gasteiger partial charge is 0.337 e. The topological polar surface area (TPSA) is 84.8 Å². The number of aromatic carboxylic acids is 1. The van der Waals surface area contributed by atoms with Gasteiger partial charge in [0.2, 0.25) is 0 Å². The number of fused-ring (bicyclic) bond motifs is 4. The van der Waals surface area contributed by atoms with E-state index in [1.807, 2.05) is 12.1 Å². The number of carboxylic acids is 1. The summed E-state index contributed by atoms with van der Waals surface area (Å²) in [6, 6.07) is 22.4. The van der Waals surface area contributed by atoms with E-state index in [0.717, 1.165) is 18.4 Å². The molecule has 2 aromatic heterocycles. The number of benzene rings is 3. The van der Waals surface area contributed by atoms with Crippen molar-refractivity contribution in [3.8, 4) is 11.3 Å². The maximum atomic E-state index is 13.9. The van der Waals surface area contributed by atoms with E-state index in [0.29, 0.717) is 26.4 Å². The summed E-state index contributed by atoms with van der Waals surface area (Å²) in [6.45, 7) is 0. The molecule has 6 nitrogen and oxygen atoms in total. The molecule has 1 aliphatic carbocycles. The summed E-state index contributed by atoms with van der Waals surface area (Å²) in [4.78, 5) is 30.9. The highest BCUT2D eigenvalue weighted by atomic mass is 35.5. The number of halogens is 2. The van der Waals surface area contributed by atoms with Gasteiger partial charge in [0.1, 0.15) is 17.3 Å². The van der Waals surface area contributed by atoms with Crippen molar-refractivity contribution in [2.45, 2.75) is 24.9 Å². The third-order valence-corrected chi connectivity index (χ3v) is 9.20. The number of furan rings is 1. The summed E-state index contributed by atoms with van der Waals surface area (Å²) in [5, 5.41) is 9.35. The van der Waals surface area contributed by atoms with Gasteiger partial charge >= 0.3 is 5.97 Å². The predicted molar refractivity (Wildman–Crippen MR) is 155 cm³/mol. The third-order valence-electron chi connectivity index (χ3n) is 7.89. The molecule has 3 aromatic carbocycles. The van der Waals surface area contributed by atoms with Crippen molar-refractivity contribution < 1.29 is 18.7 Å². The van der Waals surface area contributed by atoms with Crippen molar-refractivity contribution in [3.05, 3.63) is 137 Å². The molecule has 0 amide bonds. The summed E-state index contributed by atoms with van der Waals surface area (Å²) in [5.74, 6) is -0.412. The Labute approximate surface area is 242 Å². The highest BCUT2D eigenvalue weighted by Crippen LogP contribution is 2.46. The van der Waals surface area contributed by atoms with Gasteiger partial charge in [-0.1, -0.05) is 65.4 Å². The quantitative estimate of drug-likeness (QED) is 0.280. The molecule has 1 N–H and O–H groups in total. The van der Waals surface area contributed by atoms with Crippen molar-refractivity contribution in [2.24, 2.45) is 10.9 Å². The van der Waals surface area contributed by atoms with Crippen LogP contribution >= 0.6 is 22.9 Å². The summed E-state index contributed by atoms with van der Waals surface area (Å²) < 4.78 is 22.1. The number of thiazole rings is 1. The second-order valence-electron chi connectivity index (χ2n) is 10.2. The van der Waals surface area contributed by atoms with E-state index in [1.54, 1.807) is 41.0 Å². The van der Waals surface area contributed by atoms with Gasteiger partial charge in [0, 0.05) is 17.6 Å². The molecule has 0 saturated carbocycles. The molecular weight excluding hydrogens is 563 g/mol. The number of hydrogen-bond donors (Lipinski definition) is 1. The molecule has 0 bridgehead atoms. The van der Waals surface area contributed by atoms with E-state index in [9.17, 15) is 19.1 Å². The van der Waals surface area contributed by atoms with Gasteiger partial charge in [-0.3, -0.25) is 14.4 Å². The molecule has 7 rings (SSSR count). The van der Waals surface area contributed by atoms with E-state index in [2.05, 4.69) is 12.1 Å². The van der Waals surface area contributed by atoms with Gasteiger partial charge in [0.05, 0.1) is 27.2 Å². The van der Waals surface area contributed by atoms with Crippen LogP contribution in [0.1, 0.15) is 51.3 Å². The fourth-order valence-electron chi connectivity index (χ4n) is 6.00. The van der Waals surface area contributed by atoms with Crippen LogP contribution in [0, 0.1) is 11.7 Å². The zero-order chi connectivity index (χ0) is 28.2. The number of rotatable bonds is 4. The van der Waals surface area contributed by atoms with Gasteiger partial charge in [0.25, 0.3) is 5.56 Å². The first-order valence-corrected chi connectivity index (χ1v) is 14.3. The average molecular weight is 585 g/mol. The van der Waals surface area contributed by atoms with Crippen molar-refractivity contribution in [1.82, 2.24) is 4.57 Å². The van der Waals surface area contributed by atoms with Crippen LogP contribution < -0.4 is 14.9 Å². The summed E-state index contributed by atoms with van der Waals surface area (Å²) in [6.07, 6.45) is 3.45. The summed E-state index contributed by atoms with van der Waals surface area (Å²) >= 11 is 7.45. The molecule has 3 unspecified atom stereocenters. The van der Waals surface area contributed by atoms with Gasteiger partial charge in [0.15, 0.2) is 4.80 Å². The molecule has 41 heavy (non-hydrogen) atoms. The Hall–Kier alpha value is -4.27. The lowest BCUT2D eigenvalue weighted by Gasteiger charge is -2.39. The minimum atomic E-state index is -1.11. The Balaban J connectivity index is 1.34. The van der Waals surface area contributed by atoms with E-state index in [1.165, 1.54) is 46.7 Å². The second-order valence-corrected chi connectivity index (χ2v) is 11.7. The molecule has 0 saturated heterocycles. The molecule has 2 aliphatic rings. The molecule has 1 aliphatic heterocycles. The van der Waals surface area contributed by atoms with E-state index < -0.39 is 5.97 Å². The van der Waals surface area contributed by atoms with Gasteiger partial charge in [-0.2, -0.15) is 0 Å². The normalized spacial score (nSPS) is 19.7. The van der Waals surface area contributed by atoms with Gasteiger partial charge < -0.3 is 9.52 Å². The lowest BCUT2D eigenvalue weighted by Crippen LogP contribution is -2.44. The number of aromatic nitrogens is 1. The Kier molecular flexibility index (Phi) is 6.25. The van der Waals surface area contributed by atoms with E-state index in [4.69, 9.17) is 21.0 Å². The molecule has 9 heteroatoms. The van der Waals surface area contributed by atoms with Crippen LogP contribution in [0.3, 0.4) is 0 Å². The number of carboxylic acid groups (broad SMARTS) is 1. The van der Waals surface area contributed by atoms with Crippen LogP contribution in [-0.2, 0) is 6.42 Å². The molecule has 204 valence electrons. The van der Waals surface area contributed by atoms with Crippen molar-refractivity contribution >= 4 is 35.0 Å². The molecule has 0 spiro atoms. The second kappa shape index (κ2) is 9.98. The fraction of sp³-hybridized carbons (Fsp3) is 0.156. The van der Waals surface area contributed by atoms with Gasteiger partial charge in [-0.15, -0.1) is 0 Å². The minimum Gasteiger partial charge on any atom is -0.478 e. The SMILES string of the molecule is O=C(O)c1ccc(-c2ccc(C=c3sc4n(c3=O)C(c3ccc(F)cc3)C3CCc5ccccc5C3N=4)o2)cc1Cl. The number of hydrogen-bond acceptors (Lipinski definition) is 5. The third kappa shape index (κ3) is 4.44. The van der Waals surface area contributed by atoms with Crippen molar-refractivity contribution in [1.29, 1.82) is 0 Å². The van der Waals surface area contributed by atoms with Crippen LogP contribution in [0.5, 0.6) is 0 Å². The van der Waals surface area contributed by atoms with Crippen molar-refractivity contribution in [3.63, 3.8) is 0 Å². The first-order chi connectivity index (χ1) is 19.9. The van der Waals surface area contributed by atoms with E-state index >= 15 is 0 Å². The summed E-state index contributed by atoms with van der Waals surface area (Å²) in [5.41, 5.74) is 3.79. The van der Waals surface area contributed by atoms with Crippen LogP contribution in [0.2, 0.25) is 5.02 Å². The lowest BCUT2D eigenvalue weighted by molar-refractivity contribution is 0.0697. The maximum absolute atomic E-state index is 13.9. The van der Waals surface area contributed by atoms with Crippen LogP contribution in [-0.4, -0.2) is 15.6 Å². The van der Waals surface area contributed by atoms with Gasteiger partial charge in [-0.05, 0) is 65.9 Å². The monoisotopic (exact) mass is 584 g/mol. The number of aryl methyl sites for hydroxylation is 1. The lowest BCUT2D eigenvalue weighted by atomic mass is 9.74. The molecular formula is C32H22ClFN2O4S. The first kappa shape index (κ1) is 25.7. The number of carbonyl (C=O) groups is 1. The average Bonchev–Trinajstić information content (AvgIpc) is 3.56. The highest BCUT2D eigenvalue weighted by molar-refractivity contribution is 7.07. The zero-order valence-corrected chi connectivity index (χ0v) is 23.0. The molecule has 0 radical (unpaired) electrons. The zero-order valence-electron chi connectivity index (χ0n) is 21.5. The molecule has 3 heterocycles.